The van der Waals surface area contributed by atoms with Gasteiger partial charge >= 0.3 is 5.97 Å². The number of rotatable bonds is 6. The molecule has 0 bridgehead atoms. The van der Waals surface area contributed by atoms with Crippen LogP contribution in [0.1, 0.15) is 20.7 Å². The smallest absolute Gasteiger partial charge is 0.339 e. The van der Waals surface area contributed by atoms with Gasteiger partial charge in [0.2, 0.25) is 5.91 Å². The molecule has 0 atom stereocenters. The van der Waals surface area contributed by atoms with Gasteiger partial charge in [0.1, 0.15) is 5.88 Å². The van der Waals surface area contributed by atoms with Gasteiger partial charge < -0.3 is 15.4 Å². The van der Waals surface area contributed by atoms with Crippen LogP contribution in [0.15, 0.2) is 72.8 Å². The lowest BCUT2D eigenvalue weighted by Gasteiger charge is -2.12. The minimum atomic E-state index is -0.636. The summed E-state index contributed by atoms with van der Waals surface area (Å²) >= 11 is 5.53. The van der Waals surface area contributed by atoms with Crippen LogP contribution >= 0.6 is 11.6 Å². The van der Waals surface area contributed by atoms with E-state index in [2.05, 4.69) is 10.6 Å². The van der Waals surface area contributed by atoms with E-state index in [1.165, 1.54) is 25.3 Å². The first-order chi connectivity index (χ1) is 14.5. The number of amides is 2. The topological polar surface area (TPSA) is 84.5 Å². The molecule has 0 spiro atoms. The molecule has 0 radical (unpaired) electrons. The quantitative estimate of drug-likeness (QED) is 0.450. The molecule has 3 aromatic rings. The number of ether oxygens (including phenoxy) is 1. The maximum atomic E-state index is 12.7. The van der Waals surface area contributed by atoms with Crippen molar-refractivity contribution >= 4 is 40.8 Å². The Kier molecular flexibility index (Phi) is 6.83. The highest BCUT2D eigenvalue weighted by atomic mass is 35.5. The minimum Gasteiger partial charge on any atom is -0.465 e. The Morgan fingerprint density at radius 3 is 2.17 bits per heavy atom. The molecule has 0 heterocycles. The van der Waals surface area contributed by atoms with Crippen LogP contribution in [-0.2, 0) is 9.53 Å². The number of hydrogen-bond donors (Lipinski definition) is 2. The van der Waals surface area contributed by atoms with Crippen molar-refractivity contribution in [3.05, 3.63) is 83.9 Å². The number of benzene rings is 3. The Bertz CT molecular complexity index is 1070. The third-order valence-corrected chi connectivity index (χ3v) is 4.58. The Morgan fingerprint density at radius 1 is 0.867 bits per heavy atom. The number of carbonyl (C=O) groups is 3. The molecule has 0 aliphatic rings. The fourth-order valence-corrected chi connectivity index (χ4v) is 2.91. The van der Waals surface area contributed by atoms with Gasteiger partial charge in [-0.25, -0.2) is 4.79 Å². The van der Waals surface area contributed by atoms with Gasteiger partial charge in [0.05, 0.1) is 18.4 Å². The normalized spacial score (nSPS) is 10.2. The Balaban J connectivity index is 1.80. The molecule has 0 saturated carbocycles. The van der Waals surface area contributed by atoms with E-state index in [1.807, 2.05) is 42.5 Å². The molecule has 152 valence electrons. The average Bonchev–Trinajstić information content (AvgIpc) is 2.79. The lowest BCUT2D eigenvalue weighted by atomic mass is 10.1. The molecular weight excluding hydrogens is 404 g/mol. The number of carbonyl (C=O) groups excluding carboxylic acids is 3. The van der Waals surface area contributed by atoms with E-state index < -0.39 is 11.9 Å². The number of esters is 1. The van der Waals surface area contributed by atoms with Crippen molar-refractivity contribution < 1.29 is 19.1 Å². The summed E-state index contributed by atoms with van der Waals surface area (Å²) in [6.07, 6.45) is 0. The van der Waals surface area contributed by atoms with Crippen LogP contribution in [0.2, 0.25) is 0 Å². The van der Waals surface area contributed by atoms with Crippen molar-refractivity contribution in [3.63, 3.8) is 0 Å². The molecule has 0 unspecified atom stereocenters. The van der Waals surface area contributed by atoms with E-state index in [0.717, 1.165) is 11.1 Å². The number of halogens is 1. The van der Waals surface area contributed by atoms with Crippen molar-refractivity contribution in [2.75, 3.05) is 23.6 Å². The van der Waals surface area contributed by atoms with Gasteiger partial charge in [-0.3, -0.25) is 9.59 Å². The standard InChI is InChI=1S/C23H19ClN2O4/c1-30-23(29)19-12-9-17(13-20(19)26-21(27)14-24)22(28)25-18-10-7-16(8-11-18)15-5-3-2-4-6-15/h2-13H,14H2,1H3,(H,25,28)(H,26,27). The molecule has 7 heteroatoms. The van der Waals surface area contributed by atoms with Gasteiger partial charge in [-0.15, -0.1) is 11.6 Å². The maximum absolute atomic E-state index is 12.7. The van der Waals surface area contributed by atoms with Crippen molar-refractivity contribution in [1.29, 1.82) is 0 Å². The fourth-order valence-electron chi connectivity index (χ4n) is 2.84. The zero-order valence-electron chi connectivity index (χ0n) is 16.1. The molecule has 0 aliphatic heterocycles. The van der Waals surface area contributed by atoms with E-state index in [9.17, 15) is 14.4 Å². The van der Waals surface area contributed by atoms with E-state index in [-0.39, 0.29) is 28.6 Å². The Labute approximate surface area is 178 Å². The number of anilines is 2. The molecule has 0 fully saturated rings. The molecular formula is C23H19ClN2O4. The second kappa shape index (κ2) is 9.71. The van der Waals surface area contributed by atoms with Gasteiger partial charge in [-0.1, -0.05) is 42.5 Å². The monoisotopic (exact) mass is 422 g/mol. The van der Waals surface area contributed by atoms with E-state index in [4.69, 9.17) is 16.3 Å². The molecule has 3 aromatic carbocycles. The van der Waals surface area contributed by atoms with Gasteiger partial charge in [-0.2, -0.15) is 0 Å². The summed E-state index contributed by atoms with van der Waals surface area (Å²) < 4.78 is 4.71. The highest BCUT2D eigenvalue weighted by molar-refractivity contribution is 6.29. The van der Waals surface area contributed by atoms with Crippen molar-refractivity contribution in [1.82, 2.24) is 0 Å². The summed E-state index contributed by atoms with van der Waals surface area (Å²) in [6.45, 7) is 0. The summed E-state index contributed by atoms with van der Waals surface area (Å²) in [7, 11) is 1.23. The molecule has 6 nitrogen and oxygen atoms in total. The van der Waals surface area contributed by atoms with Gasteiger partial charge in [0.15, 0.2) is 0 Å². The molecule has 0 aromatic heterocycles. The summed E-state index contributed by atoms with van der Waals surface area (Å²) in [5.74, 6) is -1.82. The molecule has 0 aliphatic carbocycles. The summed E-state index contributed by atoms with van der Waals surface area (Å²) in [4.78, 5) is 36.2. The first-order valence-corrected chi connectivity index (χ1v) is 9.60. The highest BCUT2D eigenvalue weighted by Gasteiger charge is 2.17. The lowest BCUT2D eigenvalue weighted by Crippen LogP contribution is -2.18. The molecule has 2 N–H and O–H groups in total. The van der Waals surface area contributed by atoms with Gasteiger partial charge in [0.25, 0.3) is 5.91 Å². The molecule has 3 rings (SSSR count). The summed E-state index contributed by atoms with van der Waals surface area (Å²) in [6, 6.07) is 21.6. The van der Waals surface area contributed by atoms with Crippen LogP contribution in [0.5, 0.6) is 0 Å². The second-order valence-electron chi connectivity index (χ2n) is 6.33. The van der Waals surface area contributed by atoms with Gasteiger partial charge in [0, 0.05) is 11.3 Å². The second-order valence-corrected chi connectivity index (χ2v) is 6.60. The average molecular weight is 423 g/mol. The Hall–Kier alpha value is -3.64. The zero-order chi connectivity index (χ0) is 21.5. The highest BCUT2D eigenvalue weighted by Crippen LogP contribution is 2.23. The number of nitrogens with one attached hydrogen (secondary N) is 2. The first-order valence-electron chi connectivity index (χ1n) is 9.07. The minimum absolute atomic E-state index is 0.125. The number of methoxy groups -OCH3 is 1. The lowest BCUT2D eigenvalue weighted by molar-refractivity contribution is -0.113. The van der Waals surface area contributed by atoms with Crippen LogP contribution in [0.4, 0.5) is 11.4 Å². The first kappa shape index (κ1) is 21.1. The van der Waals surface area contributed by atoms with E-state index in [0.29, 0.717) is 5.69 Å². The fraction of sp³-hybridized carbons (Fsp3) is 0.0870. The number of hydrogen-bond acceptors (Lipinski definition) is 4. The summed E-state index contributed by atoms with van der Waals surface area (Å²) in [5, 5.41) is 5.31. The number of alkyl halides is 1. The van der Waals surface area contributed by atoms with Crippen LogP contribution in [0.3, 0.4) is 0 Å². The van der Waals surface area contributed by atoms with Crippen molar-refractivity contribution in [2.45, 2.75) is 0 Å². The van der Waals surface area contributed by atoms with Crippen LogP contribution in [0, 0.1) is 0 Å². The van der Waals surface area contributed by atoms with Crippen molar-refractivity contribution in [2.24, 2.45) is 0 Å². The Morgan fingerprint density at radius 2 is 1.53 bits per heavy atom. The van der Waals surface area contributed by atoms with Gasteiger partial charge in [-0.05, 0) is 41.5 Å². The van der Waals surface area contributed by atoms with Crippen molar-refractivity contribution in [3.8, 4) is 11.1 Å². The molecule has 2 amide bonds. The largest absolute Gasteiger partial charge is 0.465 e. The third-order valence-electron chi connectivity index (χ3n) is 4.33. The molecule has 30 heavy (non-hydrogen) atoms. The van der Waals surface area contributed by atoms with E-state index in [1.54, 1.807) is 12.1 Å². The predicted octanol–water partition coefficient (Wildman–Crippen LogP) is 4.57. The SMILES string of the molecule is COC(=O)c1ccc(C(=O)Nc2ccc(-c3ccccc3)cc2)cc1NC(=O)CCl. The predicted molar refractivity (Wildman–Crippen MR) is 117 cm³/mol. The zero-order valence-corrected chi connectivity index (χ0v) is 16.9. The van der Waals surface area contributed by atoms with E-state index >= 15 is 0 Å². The van der Waals surface area contributed by atoms with Crippen LogP contribution in [-0.4, -0.2) is 30.8 Å². The summed E-state index contributed by atoms with van der Waals surface area (Å²) in [5.41, 5.74) is 3.26. The third kappa shape index (κ3) is 5.04. The van der Waals surface area contributed by atoms with Crippen LogP contribution < -0.4 is 10.6 Å². The molecule has 0 saturated heterocycles. The van der Waals surface area contributed by atoms with Crippen LogP contribution in [0.25, 0.3) is 11.1 Å². The maximum Gasteiger partial charge on any atom is 0.339 e.